The van der Waals surface area contributed by atoms with Gasteiger partial charge in [-0.1, -0.05) is 12.1 Å². The molecule has 1 aliphatic heterocycles. The van der Waals surface area contributed by atoms with Gasteiger partial charge in [0.2, 0.25) is 0 Å². The molecule has 0 saturated heterocycles. The highest BCUT2D eigenvalue weighted by atomic mass is 16.5. The summed E-state index contributed by atoms with van der Waals surface area (Å²) in [6.07, 6.45) is 0.747. The molecule has 0 unspecified atom stereocenters. The molecule has 0 amide bonds. The maximum atomic E-state index is 9.20. The van der Waals surface area contributed by atoms with Gasteiger partial charge in [0.15, 0.2) is 11.5 Å². The molecule has 0 radical (unpaired) electrons. The van der Waals surface area contributed by atoms with Gasteiger partial charge in [0.05, 0.1) is 19.9 Å². The number of aromatic nitrogens is 1. The lowest BCUT2D eigenvalue weighted by Crippen LogP contribution is -2.27. The highest BCUT2D eigenvalue weighted by Gasteiger charge is 2.21. The van der Waals surface area contributed by atoms with E-state index < -0.39 is 0 Å². The number of fused-ring (bicyclic) bond motifs is 2. The summed E-state index contributed by atoms with van der Waals surface area (Å²) in [4.78, 5) is 7.22. The van der Waals surface area contributed by atoms with Gasteiger partial charge >= 0.3 is 0 Å². The summed E-state index contributed by atoms with van der Waals surface area (Å²) < 4.78 is 17.2. The topological polar surface area (TPSA) is 64.0 Å². The minimum atomic E-state index is 0.190. The van der Waals surface area contributed by atoms with E-state index in [4.69, 9.17) is 19.2 Å². The molecule has 1 aromatic heterocycles. The SMILES string of the molecule is COc1cc(-c2cc(C)c3cccc(OC)c3n2)cc2c1OCCN(CCCO)C2. The van der Waals surface area contributed by atoms with Gasteiger partial charge < -0.3 is 19.3 Å². The summed E-state index contributed by atoms with van der Waals surface area (Å²) in [7, 11) is 3.33. The van der Waals surface area contributed by atoms with E-state index >= 15 is 0 Å². The van der Waals surface area contributed by atoms with E-state index in [9.17, 15) is 5.11 Å². The number of aliphatic hydroxyl groups excluding tert-OH is 1. The summed E-state index contributed by atoms with van der Waals surface area (Å²) in [5.74, 6) is 2.27. The molecule has 2 aromatic carbocycles. The molecule has 0 atom stereocenters. The van der Waals surface area contributed by atoms with Crippen LogP contribution in [0.15, 0.2) is 36.4 Å². The molecule has 0 saturated carbocycles. The van der Waals surface area contributed by atoms with Crippen molar-refractivity contribution in [2.45, 2.75) is 19.9 Å². The van der Waals surface area contributed by atoms with Gasteiger partial charge in [-0.05, 0) is 43.2 Å². The number of benzene rings is 2. The number of aryl methyl sites for hydroxylation is 1. The number of ether oxygens (including phenoxy) is 3. The van der Waals surface area contributed by atoms with Crippen LogP contribution in [0.25, 0.3) is 22.2 Å². The lowest BCUT2D eigenvalue weighted by atomic mass is 10.0. The highest BCUT2D eigenvalue weighted by Crippen LogP contribution is 2.39. The number of nitrogens with zero attached hydrogens (tertiary/aromatic N) is 2. The highest BCUT2D eigenvalue weighted by molar-refractivity contribution is 5.89. The van der Waals surface area contributed by atoms with Crippen molar-refractivity contribution < 1.29 is 19.3 Å². The van der Waals surface area contributed by atoms with Crippen molar-refractivity contribution in [2.75, 3.05) is 40.5 Å². The molecule has 2 heterocycles. The van der Waals surface area contributed by atoms with Crippen molar-refractivity contribution in [1.29, 1.82) is 0 Å². The largest absolute Gasteiger partial charge is 0.494 e. The van der Waals surface area contributed by atoms with Gasteiger partial charge in [-0.25, -0.2) is 4.98 Å². The zero-order valence-corrected chi connectivity index (χ0v) is 17.8. The molecule has 1 aliphatic rings. The molecule has 1 N–H and O–H groups in total. The molecule has 30 heavy (non-hydrogen) atoms. The third-order valence-electron chi connectivity index (χ3n) is 5.56. The van der Waals surface area contributed by atoms with Crippen LogP contribution in [0.1, 0.15) is 17.5 Å². The minimum absolute atomic E-state index is 0.190. The Morgan fingerprint density at radius 3 is 2.73 bits per heavy atom. The molecule has 0 fully saturated rings. The fraction of sp³-hybridized carbons (Fsp3) is 0.375. The number of methoxy groups -OCH3 is 2. The first-order chi connectivity index (χ1) is 14.6. The zero-order chi connectivity index (χ0) is 21.1. The van der Waals surface area contributed by atoms with Crippen LogP contribution >= 0.6 is 0 Å². The van der Waals surface area contributed by atoms with Crippen molar-refractivity contribution in [3.05, 3.63) is 47.5 Å². The average molecular weight is 408 g/mol. The third kappa shape index (κ3) is 3.93. The lowest BCUT2D eigenvalue weighted by Gasteiger charge is -2.19. The summed E-state index contributed by atoms with van der Waals surface area (Å²) in [5.41, 5.74) is 4.92. The fourth-order valence-electron chi connectivity index (χ4n) is 4.03. The maximum absolute atomic E-state index is 9.20. The molecule has 6 nitrogen and oxygen atoms in total. The van der Waals surface area contributed by atoms with Crippen molar-refractivity contribution >= 4 is 10.9 Å². The molecule has 3 aromatic rings. The normalized spacial score (nSPS) is 14.1. The van der Waals surface area contributed by atoms with Gasteiger partial charge in [-0.15, -0.1) is 0 Å². The number of hydrogen-bond donors (Lipinski definition) is 1. The molecule has 4 rings (SSSR count). The Balaban J connectivity index is 1.81. The van der Waals surface area contributed by atoms with Gasteiger partial charge in [-0.3, -0.25) is 4.90 Å². The Morgan fingerprint density at radius 1 is 1.13 bits per heavy atom. The standard InChI is InChI=1S/C24H28N2O4/c1-16-12-20(25-23-19(16)6-4-7-21(23)28-2)17-13-18-15-26(8-5-10-27)9-11-30-24(18)22(14-17)29-3/h4,6-7,12-14,27H,5,8-11,15H2,1-3H3. The van der Waals surface area contributed by atoms with Crippen LogP contribution in [0.2, 0.25) is 0 Å². The van der Waals surface area contributed by atoms with E-state index in [1.54, 1.807) is 14.2 Å². The predicted molar refractivity (Wildman–Crippen MR) is 117 cm³/mol. The predicted octanol–water partition coefficient (Wildman–Crippen LogP) is 3.80. The van der Waals surface area contributed by atoms with Crippen molar-refractivity contribution in [3.63, 3.8) is 0 Å². The molecule has 158 valence electrons. The van der Waals surface area contributed by atoms with E-state index in [-0.39, 0.29) is 6.61 Å². The Kier molecular flexibility index (Phi) is 6.06. The Labute approximate surface area is 177 Å². The quantitative estimate of drug-likeness (QED) is 0.669. The fourth-order valence-corrected chi connectivity index (χ4v) is 4.03. The van der Waals surface area contributed by atoms with Crippen LogP contribution in [0.3, 0.4) is 0 Å². The summed E-state index contributed by atoms with van der Waals surface area (Å²) in [6, 6.07) is 12.2. The van der Waals surface area contributed by atoms with Gasteiger partial charge in [0.25, 0.3) is 0 Å². The van der Waals surface area contributed by atoms with Crippen LogP contribution in [-0.4, -0.2) is 55.5 Å². The van der Waals surface area contributed by atoms with Crippen LogP contribution in [-0.2, 0) is 6.54 Å². The number of pyridine rings is 1. The second kappa shape index (κ2) is 8.90. The number of para-hydroxylation sites is 1. The number of rotatable bonds is 6. The molecule has 0 spiro atoms. The summed E-state index contributed by atoms with van der Waals surface area (Å²) in [6.45, 7) is 5.27. The minimum Gasteiger partial charge on any atom is -0.494 e. The lowest BCUT2D eigenvalue weighted by molar-refractivity contribution is 0.199. The van der Waals surface area contributed by atoms with Crippen molar-refractivity contribution in [2.24, 2.45) is 0 Å². The Bertz CT molecular complexity index is 1050. The second-order valence-corrected chi connectivity index (χ2v) is 7.55. The van der Waals surface area contributed by atoms with E-state index in [2.05, 4.69) is 30.0 Å². The molecule has 0 bridgehead atoms. The first kappa shape index (κ1) is 20.4. The smallest absolute Gasteiger partial charge is 0.165 e. The number of hydrogen-bond acceptors (Lipinski definition) is 6. The Morgan fingerprint density at radius 2 is 1.97 bits per heavy atom. The zero-order valence-electron chi connectivity index (χ0n) is 17.8. The first-order valence-electron chi connectivity index (χ1n) is 10.3. The van der Waals surface area contributed by atoms with Crippen molar-refractivity contribution in [1.82, 2.24) is 9.88 Å². The molecular formula is C24H28N2O4. The Hall–Kier alpha value is -2.83. The second-order valence-electron chi connectivity index (χ2n) is 7.55. The summed E-state index contributed by atoms with van der Waals surface area (Å²) in [5, 5.41) is 10.3. The van der Waals surface area contributed by atoms with Crippen molar-refractivity contribution in [3.8, 4) is 28.5 Å². The molecule has 0 aliphatic carbocycles. The third-order valence-corrected chi connectivity index (χ3v) is 5.56. The van der Waals surface area contributed by atoms with Gasteiger partial charge in [-0.2, -0.15) is 0 Å². The number of aliphatic hydroxyl groups is 1. The van der Waals surface area contributed by atoms with E-state index in [1.165, 1.54) is 0 Å². The van der Waals surface area contributed by atoms with E-state index in [1.807, 2.05) is 18.2 Å². The van der Waals surface area contributed by atoms with E-state index in [0.29, 0.717) is 12.4 Å². The molecule has 6 heteroatoms. The first-order valence-corrected chi connectivity index (χ1v) is 10.3. The van der Waals surface area contributed by atoms with E-state index in [0.717, 1.165) is 70.8 Å². The van der Waals surface area contributed by atoms with Crippen LogP contribution in [0.5, 0.6) is 17.2 Å². The van der Waals surface area contributed by atoms with Crippen LogP contribution < -0.4 is 14.2 Å². The maximum Gasteiger partial charge on any atom is 0.165 e. The molecular weight excluding hydrogens is 380 g/mol. The average Bonchev–Trinajstić information content (AvgIpc) is 2.98. The summed E-state index contributed by atoms with van der Waals surface area (Å²) >= 11 is 0. The van der Waals surface area contributed by atoms with Gasteiger partial charge in [0, 0.05) is 42.8 Å². The van der Waals surface area contributed by atoms with Crippen LogP contribution in [0.4, 0.5) is 0 Å². The van der Waals surface area contributed by atoms with Crippen LogP contribution in [0, 0.1) is 6.92 Å². The van der Waals surface area contributed by atoms with Gasteiger partial charge in [0.1, 0.15) is 17.9 Å². The monoisotopic (exact) mass is 408 g/mol.